The third-order valence-electron chi connectivity index (χ3n) is 7.05. The molecule has 0 fully saturated rings. The lowest BCUT2D eigenvalue weighted by Crippen LogP contribution is -2.31. The van der Waals surface area contributed by atoms with Gasteiger partial charge < -0.3 is 0 Å². The van der Waals surface area contributed by atoms with Gasteiger partial charge in [-0.2, -0.15) is 17.6 Å². The van der Waals surface area contributed by atoms with Crippen molar-refractivity contribution >= 4 is 33.6 Å². The number of aryl methyl sites for hydroxylation is 1. The van der Waals surface area contributed by atoms with E-state index in [-0.39, 0.29) is 0 Å². The lowest BCUT2D eigenvalue weighted by atomic mass is 9.73. The van der Waals surface area contributed by atoms with Crippen molar-refractivity contribution in [3.63, 3.8) is 0 Å². The van der Waals surface area contributed by atoms with Crippen LogP contribution in [0.25, 0.3) is 11.1 Å². The van der Waals surface area contributed by atoms with Crippen LogP contribution in [-0.2, 0) is 19.7 Å². The van der Waals surface area contributed by atoms with Crippen LogP contribution in [0.2, 0.25) is 0 Å². The molecular weight excluding hydrogens is 592 g/mol. The summed E-state index contributed by atoms with van der Waals surface area (Å²) in [6.45, 7) is 8.13. The van der Waals surface area contributed by atoms with E-state index >= 15 is 0 Å². The van der Waals surface area contributed by atoms with Crippen LogP contribution in [0, 0.1) is 6.92 Å². The van der Waals surface area contributed by atoms with E-state index < -0.39 is 26.8 Å². The van der Waals surface area contributed by atoms with E-state index in [0.717, 1.165) is 65.9 Å². The number of thioether (sulfide) groups is 2. The molecule has 41 heavy (non-hydrogen) atoms. The van der Waals surface area contributed by atoms with Crippen molar-refractivity contribution < 1.29 is 25.8 Å². The van der Waals surface area contributed by atoms with Crippen molar-refractivity contribution in [2.24, 2.45) is 0 Å². The Bertz CT molecular complexity index is 1480. The molecule has 0 saturated heterocycles. The summed E-state index contributed by atoms with van der Waals surface area (Å²) in [7, 11) is -5.12. The van der Waals surface area contributed by atoms with Crippen LogP contribution in [0.3, 0.4) is 0 Å². The lowest BCUT2D eigenvalue weighted by molar-refractivity contribution is -0.271. The first kappa shape index (κ1) is 31.8. The van der Waals surface area contributed by atoms with Gasteiger partial charge in [0.25, 0.3) is 0 Å². The minimum Gasteiger partial charge on any atom is -0.206 e. The summed E-state index contributed by atoms with van der Waals surface area (Å²) < 4.78 is 68.2. The fraction of sp³-hybridized carbons (Fsp3) is 0.483. The summed E-state index contributed by atoms with van der Waals surface area (Å²) in [5, 5.41) is 1.12. The maximum absolute atomic E-state index is 13.1. The molecule has 222 valence electrons. The van der Waals surface area contributed by atoms with E-state index in [2.05, 4.69) is 22.2 Å². The van der Waals surface area contributed by atoms with Crippen LogP contribution in [0.1, 0.15) is 81.8 Å². The second-order valence-electron chi connectivity index (χ2n) is 9.90. The Morgan fingerprint density at radius 3 is 2.00 bits per heavy atom. The van der Waals surface area contributed by atoms with Crippen molar-refractivity contribution in [1.82, 2.24) is 15.0 Å². The van der Waals surface area contributed by atoms with Gasteiger partial charge in [0.05, 0.1) is 10.3 Å². The van der Waals surface area contributed by atoms with Crippen molar-refractivity contribution in [2.75, 3.05) is 11.5 Å². The normalized spacial score (nSPS) is 16.6. The highest BCUT2D eigenvalue weighted by atomic mass is 32.2. The number of alkyl halides is 3. The van der Waals surface area contributed by atoms with Gasteiger partial charge in [0.2, 0.25) is 0 Å². The van der Waals surface area contributed by atoms with Crippen LogP contribution < -0.4 is 0 Å². The number of unbranched alkanes of at least 4 members (excludes halogenated alkanes) is 4. The molecule has 6 nitrogen and oxygen atoms in total. The Kier molecular flexibility index (Phi) is 10.1. The monoisotopic (exact) mass is 625 g/mol. The minimum absolute atomic E-state index is 0.478. The van der Waals surface area contributed by atoms with E-state index in [1.54, 1.807) is 6.07 Å². The Hall–Kier alpha value is -2.15. The van der Waals surface area contributed by atoms with E-state index in [9.17, 15) is 21.6 Å². The van der Waals surface area contributed by atoms with Gasteiger partial charge in [-0.3, -0.25) is 0 Å². The number of hydrogen-bond donors (Lipinski definition) is 0. The number of aromatic nitrogens is 3. The molecule has 1 heterocycles. The number of hydrogen-bond acceptors (Lipinski definition) is 8. The van der Waals surface area contributed by atoms with Crippen molar-refractivity contribution in [1.29, 1.82) is 0 Å². The average Bonchev–Trinajstić information content (AvgIpc) is 3.16. The van der Waals surface area contributed by atoms with Crippen LogP contribution in [0.4, 0.5) is 13.2 Å². The van der Waals surface area contributed by atoms with Gasteiger partial charge in [0, 0.05) is 0 Å². The lowest BCUT2D eigenvalue weighted by Gasteiger charge is -2.31. The zero-order valence-corrected chi connectivity index (χ0v) is 26.0. The fourth-order valence-electron chi connectivity index (χ4n) is 5.36. The number of rotatable bonds is 13. The second kappa shape index (κ2) is 13.0. The number of fused-ring (bicyclic) bond motifs is 3. The summed E-state index contributed by atoms with van der Waals surface area (Å²) in [6.07, 6.45) is 0.163. The van der Waals surface area contributed by atoms with Crippen molar-refractivity contribution in [2.45, 2.75) is 93.2 Å². The van der Waals surface area contributed by atoms with Crippen LogP contribution in [0.15, 0.2) is 51.6 Å². The molecular formula is C29H34F3N3O3S3. The molecule has 4 rings (SSSR count). The fourth-order valence-corrected chi connectivity index (χ4v) is 7.38. The molecule has 1 atom stereocenters. The summed E-state index contributed by atoms with van der Waals surface area (Å²) in [4.78, 5) is 13.9. The summed E-state index contributed by atoms with van der Waals surface area (Å²) in [5.74, 6) is 1.96. The summed E-state index contributed by atoms with van der Waals surface area (Å²) >= 11 is 2.97. The van der Waals surface area contributed by atoms with Gasteiger partial charge in [-0.1, -0.05) is 106 Å². The number of nitrogens with zero attached hydrogens (tertiary/aromatic N) is 3. The molecule has 1 aromatic heterocycles. The molecule has 0 N–H and O–H groups in total. The zero-order valence-electron chi connectivity index (χ0n) is 23.5. The molecule has 1 aliphatic rings. The first-order chi connectivity index (χ1) is 19.4. The van der Waals surface area contributed by atoms with Gasteiger partial charge in [-0.05, 0) is 59.2 Å². The van der Waals surface area contributed by atoms with E-state index in [1.807, 2.05) is 32.9 Å². The molecule has 1 aliphatic carbocycles. The highest BCUT2D eigenvalue weighted by Crippen LogP contribution is 2.55. The smallest absolute Gasteiger partial charge is 0.206 e. The van der Waals surface area contributed by atoms with Crippen LogP contribution in [0.5, 0.6) is 0 Å². The summed E-state index contributed by atoms with van der Waals surface area (Å²) in [6, 6.07) is 10.1. The Labute approximate surface area is 248 Å². The Morgan fingerprint density at radius 2 is 1.41 bits per heavy atom. The van der Waals surface area contributed by atoms with Gasteiger partial charge in [-0.15, -0.1) is 13.2 Å². The third kappa shape index (κ3) is 6.92. The van der Waals surface area contributed by atoms with Gasteiger partial charge in [0.15, 0.2) is 10.3 Å². The number of benzene rings is 2. The first-order valence-corrected chi connectivity index (χ1v) is 17.1. The molecule has 0 amide bonds. The Morgan fingerprint density at radius 1 is 0.829 bits per heavy atom. The highest BCUT2D eigenvalue weighted by molar-refractivity contribution is 7.99. The standard InChI is InChI=1S/C29H34F3N3O3S3/c1-5-8-9-10-11-16-28(25-33-26(39-6-2)35-27(34-25)40-7-3)23-17-19(4)12-14-21(23)22-15-13-20(18-24(22)28)41(36,37)38-29(30,31)32/h12-15,17-18H,5-11,16H2,1-4H3. The van der Waals surface area contributed by atoms with Gasteiger partial charge in [-0.25, -0.2) is 9.97 Å². The highest BCUT2D eigenvalue weighted by Gasteiger charge is 2.48. The molecule has 12 heteroatoms. The molecule has 0 saturated carbocycles. The zero-order chi connectivity index (χ0) is 29.8. The van der Waals surface area contributed by atoms with E-state index in [0.29, 0.717) is 28.1 Å². The summed E-state index contributed by atoms with van der Waals surface area (Å²) in [5.41, 5.74) is 3.12. The van der Waals surface area contributed by atoms with Crippen LogP contribution in [-0.4, -0.2) is 41.2 Å². The molecule has 0 spiro atoms. The predicted molar refractivity (Wildman–Crippen MR) is 157 cm³/mol. The van der Waals surface area contributed by atoms with Crippen molar-refractivity contribution in [3.05, 3.63) is 58.9 Å². The van der Waals surface area contributed by atoms with Crippen LogP contribution >= 0.6 is 23.5 Å². The third-order valence-corrected chi connectivity index (χ3v) is 9.75. The molecule has 2 aromatic carbocycles. The van der Waals surface area contributed by atoms with Crippen molar-refractivity contribution in [3.8, 4) is 11.1 Å². The van der Waals surface area contributed by atoms with E-state index in [4.69, 9.17) is 9.97 Å². The number of halogens is 3. The maximum Gasteiger partial charge on any atom is 0.537 e. The van der Waals surface area contributed by atoms with E-state index in [1.165, 1.54) is 35.7 Å². The minimum atomic E-state index is -5.35. The SMILES string of the molecule is CCCCCCCC1(c2nc(SCC)nc(SCC)n2)c2cc(C)ccc2-c2ccc(S(=O)(=O)OC(F)(F)F)cc21. The topological polar surface area (TPSA) is 82.0 Å². The predicted octanol–water partition coefficient (Wildman–Crippen LogP) is 8.30. The first-order valence-electron chi connectivity index (χ1n) is 13.8. The largest absolute Gasteiger partial charge is 0.537 e. The average molecular weight is 626 g/mol. The molecule has 0 radical (unpaired) electrons. The van der Waals surface area contributed by atoms with Gasteiger partial charge in [0.1, 0.15) is 5.82 Å². The van der Waals surface area contributed by atoms with Gasteiger partial charge >= 0.3 is 16.5 Å². The molecule has 0 aliphatic heterocycles. The Balaban J connectivity index is 2.01. The quantitative estimate of drug-likeness (QED) is 0.107. The maximum atomic E-state index is 13.1. The molecule has 3 aromatic rings. The second-order valence-corrected chi connectivity index (χ2v) is 13.9. The molecule has 0 bridgehead atoms. The molecule has 1 unspecified atom stereocenters.